The van der Waals surface area contributed by atoms with Crippen molar-refractivity contribution in [3.8, 4) is 0 Å². The molecule has 0 spiro atoms. The summed E-state index contributed by atoms with van der Waals surface area (Å²) >= 11 is 0. The number of rotatable bonds is 1. The Morgan fingerprint density at radius 1 is 1.31 bits per heavy atom. The van der Waals surface area contributed by atoms with Crippen molar-refractivity contribution in [3.63, 3.8) is 0 Å². The van der Waals surface area contributed by atoms with Gasteiger partial charge in [-0.3, -0.25) is 9.48 Å². The third kappa shape index (κ3) is 2.20. The van der Waals surface area contributed by atoms with Crippen molar-refractivity contribution in [1.82, 2.24) is 9.78 Å². The normalized spacial score (nSPS) is 34.0. The Labute approximate surface area is 155 Å². The largest absolute Gasteiger partial charge is 0.515 e. The molecule has 4 rings (SSSR count). The molecule has 1 N–H and O–H groups in total. The molecule has 26 heavy (non-hydrogen) atoms. The van der Waals surface area contributed by atoms with Gasteiger partial charge < -0.3 is 5.11 Å². The lowest BCUT2D eigenvalue weighted by molar-refractivity contribution is -0.131. The highest BCUT2D eigenvalue weighted by Crippen LogP contribution is 2.57. The Morgan fingerprint density at radius 2 is 2.08 bits per heavy atom. The van der Waals surface area contributed by atoms with Crippen LogP contribution >= 0.6 is 0 Å². The van der Waals surface area contributed by atoms with Gasteiger partial charge in [0.2, 0.25) is 0 Å². The van der Waals surface area contributed by atoms with E-state index in [9.17, 15) is 9.90 Å². The van der Waals surface area contributed by atoms with Crippen molar-refractivity contribution in [3.05, 3.63) is 53.1 Å². The Kier molecular flexibility index (Phi) is 3.80. The van der Waals surface area contributed by atoms with Crippen LogP contribution in [0.2, 0.25) is 0 Å². The smallest absolute Gasteiger partial charge is 0.167 e. The number of aromatic nitrogens is 2. The molecule has 4 nitrogen and oxygen atoms in total. The number of carbonyl (C=O) groups excluding carboxylic acids is 1. The number of allylic oxidation sites excluding steroid dienone is 5. The average molecular weight is 352 g/mol. The fourth-order valence-corrected chi connectivity index (χ4v) is 5.82. The molecular formula is C22H28N2O2. The Morgan fingerprint density at radius 3 is 2.73 bits per heavy atom. The van der Waals surface area contributed by atoms with Crippen LogP contribution < -0.4 is 0 Å². The Hall–Kier alpha value is -2.10. The number of aliphatic hydroxyl groups excluding tert-OH is 1. The molecule has 0 radical (unpaired) electrons. The summed E-state index contributed by atoms with van der Waals surface area (Å²) in [5, 5.41) is 14.7. The molecule has 3 aliphatic carbocycles. The first kappa shape index (κ1) is 17.3. The number of hydrogen-bond acceptors (Lipinski definition) is 3. The van der Waals surface area contributed by atoms with Crippen molar-refractivity contribution in [1.29, 1.82) is 0 Å². The van der Waals surface area contributed by atoms with Crippen LogP contribution in [0.3, 0.4) is 0 Å². The zero-order chi connectivity index (χ0) is 18.7. The summed E-state index contributed by atoms with van der Waals surface area (Å²) in [5.74, 6) is 0.693. The molecule has 1 saturated carbocycles. The summed E-state index contributed by atoms with van der Waals surface area (Å²) in [6, 6.07) is 0. The third-order valence-corrected chi connectivity index (χ3v) is 6.98. The summed E-state index contributed by atoms with van der Waals surface area (Å²) < 4.78 is 2.05. The predicted octanol–water partition coefficient (Wildman–Crippen LogP) is 4.28. The van der Waals surface area contributed by atoms with E-state index in [1.807, 2.05) is 20.9 Å². The van der Waals surface area contributed by atoms with E-state index in [2.05, 4.69) is 35.9 Å². The van der Waals surface area contributed by atoms with E-state index in [4.69, 9.17) is 5.10 Å². The van der Waals surface area contributed by atoms with Crippen LogP contribution in [0.1, 0.15) is 62.9 Å². The van der Waals surface area contributed by atoms with E-state index >= 15 is 0 Å². The molecule has 0 bridgehead atoms. The highest BCUT2D eigenvalue weighted by Gasteiger charge is 2.57. The van der Waals surface area contributed by atoms with Crippen LogP contribution in [-0.2, 0) is 23.7 Å². The summed E-state index contributed by atoms with van der Waals surface area (Å²) in [7, 11) is 2.04. The number of hydrogen-bond donors (Lipinski definition) is 1. The highest BCUT2D eigenvalue weighted by molar-refractivity contribution is 6.01. The molecule has 3 aliphatic rings. The first-order chi connectivity index (χ1) is 12.3. The molecule has 1 fully saturated rings. The molecule has 1 heterocycles. The van der Waals surface area contributed by atoms with E-state index in [0.717, 1.165) is 31.2 Å². The lowest BCUT2D eigenvalue weighted by atomic mass is 9.50. The topological polar surface area (TPSA) is 55.1 Å². The molecule has 1 unspecified atom stereocenters. The van der Waals surface area contributed by atoms with Crippen molar-refractivity contribution in [2.75, 3.05) is 0 Å². The molecule has 3 atom stereocenters. The highest BCUT2D eigenvalue weighted by atomic mass is 16.2. The molecule has 0 amide bonds. The first-order valence-electron chi connectivity index (χ1n) is 9.58. The van der Waals surface area contributed by atoms with Gasteiger partial charge in [-0.25, -0.2) is 0 Å². The summed E-state index contributed by atoms with van der Waals surface area (Å²) in [5.41, 5.74) is 3.64. The molecule has 0 aliphatic heterocycles. The maximum atomic E-state index is 12.8. The van der Waals surface area contributed by atoms with Gasteiger partial charge in [0.1, 0.15) is 0 Å². The molecular weight excluding hydrogens is 324 g/mol. The van der Waals surface area contributed by atoms with Gasteiger partial charge in [-0.2, -0.15) is 5.10 Å². The lowest BCUT2D eigenvalue weighted by Gasteiger charge is -2.52. The summed E-state index contributed by atoms with van der Waals surface area (Å²) in [6.07, 6.45) is 13.3. The second kappa shape index (κ2) is 5.70. The number of aryl methyl sites for hydroxylation is 1. The molecule has 0 aromatic carbocycles. The van der Waals surface area contributed by atoms with Crippen LogP contribution in [-0.4, -0.2) is 20.7 Å². The molecule has 1 aromatic heterocycles. The van der Waals surface area contributed by atoms with Crippen LogP contribution in [0.15, 0.2) is 36.1 Å². The Balaban J connectivity index is 1.85. The van der Waals surface area contributed by atoms with Gasteiger partial charge >= 0.3 is 0 Å². The number of ketones is 1. The monoisotopic (exact) mass is 352 g/mol. The van der Waals surface area contributed by atoms with Crippen LogP contribution in [0, 0.1) is 11.3 Å². The average Bonchev–Trinajstić information content (AvgIpc) is 2.96. The van der Waals surface area contributed by atoms with Crippen molar-refractivity contribution < 1.29 is 9.90 Å². The van der Waals surface area contributed by atoms with Crippen molar-refractivity contribution in [2.45, 2.75) is 57.8 Å². The van der Waals surface area contributed by atoms with Gasteiger partial charge in [0.15, 0.2) is 5.78 Å². The van der Waals surface area contributed by atoms with Gasteiger partial charge in [-0.15, -0.1) is 0 Å². The van der Waals surface area contributed by atoms with E-state index in [0.29, 0.717) is 17.9 Å². The van der Waals surface area contributed by atoms with E-state index in [1.165, 1.54) is 11.3 Å². The summed E-state index contributed by atoms with van der Waals surface area (Å²) in [6.45, 7) is 6.30. The number of nitrogens with zero attached hydrogens (tertiary/aromatic N) is 2. The fraction of sp³-hybridized carbons (Fsp3) is 0.545. The van der Waals surface area contributed by atoms with E-state index in [1.54, 1.807) is 0 Å². The Bertz CT molecular complexity index is 856. The lowest BCUT2D eigenvalue weighted by Crippen LogP contribution is -2.53. The van der Waals surface area contributed by atoms with Crippen molar-refractivity contribution in [2.24, 2.45) is 18.4 Å². The molecule has 0 saturated heterocycles. The van der Waals surface area contributed by atoms with Crippen molar-refractivity contribution >= 4 is 5.78 Å². The van der Waals surface area contributed by atoms with E-state index < -0.39 is 5.41 Å². The van der Waals surface area contributed by atoms with Gasteiger partial charge in [0.05, 0.1) is 12.0 Å². The quantitative estimate of drug-likeness (QED) is 0.606. The number of aliphatic hydroxyl groups is 1. The SMILES string of the molecule is Cn1nc2c(c1C1C=CC=CC1)CC[C@H]1C(C)(C)C(=O)/C(=C\O)C[C@]21C. The molecule has 138 valence electrons. The minimum atomic E-state index is -0.482. The van der Waals surface area contributed by atoms with Crippen LogP contribution in [0.5, 0.6) is 0 Å². The van der Waals surface area contributed by atoms with Crippen LogP contribution in [0.4, 0.5) is 0 Å². The minimum Gasteiger partial charge on any atom is -0.515 e. The first-order valence-corrected chi connectivity index (χ1v) is 9.58. The van der Waals surface area contributed by atoms with Gasteiger partial charge in [0.25, 0.3) is 0 Å². The summed E-state index contributed by atoms with van der Waals surface area (Å²) in [4.78, 5) is 12.8. The zero-order valence-electron chi connectivity index (χ0n) is 16.1. The third-order valence-electron chi connectivity index (χ3n) is 6.98. The number of carbonyl (C=O) groups is 1. The zero-order valence-corrected chi connectivity index (χ0v) is 16.1. The number of fused-ring (bicyclic) bond motifs is 3. The second-order valence-corrected chi connectivity index (χ2v) is 8.88. The second-order valence-electron chi connectivity index (χ2n) is 8.88. The minimum absolute atomic E-state index is 0.0856. The van der Waals surface area contributed by atoms with Gasteiger partial charge in [-0.1, -0.05) is 45.1 Å². The standard InChI is InChI=1S/C22H28N2O2/c1-21(2)17-11-10-16-18(14-8-6-5-7-9-14)24(4)23-19(16)22(17,3)12-15(13-25)20(21)26/h5-8,13-14,17,25H,9-12H2,1-4H3/b15-13-/t14?,17-,22-/m0/s1. The van der Waals surface area contributed by atoms with Gasteiger partial charge in [0, 0.05) is 35.1 Å². The molecule has 1 aromatic rings. The van der Waals surface area contributed by atoms with E-state index in [-0.39, 0.29) is 17.1 Å². The fourth-order valence-electron chi connectivity index (χ4n) is 5.82. The number of Topliss-reactive ketones (excluding diaryl/α,β-unsaturated/α-hetero) is 1. The van der Waals surface area contributed by atoms with Crippen LogP contribution in [0.25, 0.3) is 0 Å². The molecule has 4 heteroatoms. The maximum Gasteiger partial charge on any atom is 0.167 e. The maximum absolute atomic E-state index is 12.8. The predicted molar refractivity (Wildman–Crippen MR) is 102 cm³/mol. The van der Waals surface area contributed by atoms with Gasteiger partial charge in [-0.05, 0) is 37.2 Å².